The van der Waals surface area contributed by atoms with Crippen molar-refractivity contribution < 1.29 is 4.79 Å². The maximum absolute atomic E-state index is 12.5. The number of hydrogen-bond acceptors (Lipinski definition) is 6. The molecule has 0 aliphatic carbocycles. The van der Waals surface area contributed by atoms with Crippen molar-refractivity contribution in [3.05, 3.63) is 55.1 Å². The minimum absolute atomic E-state index is 0.0275. The Morgan fingerprint density at radius 3 is 2.82 bits per heavy atom. The summed E-state index contributed by atoms with van der Waals surface area (Å²) in [6.07, 6.45) is 9.60. The van der Waals surface area contributed by atoms with Gasteiger partial charge in [-0.1, -0.05) is 0 Å². The molecule has 6 heterocycles. The van der Waals surface area contributed by atoms with Gasteiger partial charge < -0.3 is 15.6 Å². The lowest BCUT2D eigenvalue weighted by molar-refractivity contribution is -0.117. The molecule has 5 aromatic heterocycles. The molecule has 1 aliphatic rings. The molecular formula is C25H24N8O. The van der Waals surface area contributed by atoms with E-state index in [0.29, 0.717) is 18.0 Å². The molecule has 0 unspecified atom stereocenters. The van der Waals surface area contributed by atoms with Gasteiger partial charge in [0.2, 0.25) is 5.91 Å². The van der Waals surface area contributed by atoms with E-state index < -0.39 is 0 Å². The van der Waals surface area contributed by atoms with Gasteiger partial charge >= 0.3 is 0 Å². The summed E-state index contributed by atoms with van der Waals surface area (Å²) < 4.78 is 0. The second-order valence-corrected chi connectivity index (χ2v) is 8.72. The predicted octanol–water partition coefficient (Wildman–Crippen LogP) is 3.89. The summed E-state index contributed by atoms with van der Waals surface area (Å²) in [5.41, 5.74) is 6.43. The number of carbonyl (C=O) groups is 1. The average molecular weight is 453 g/mol. The van der Waals surface area contributed by atoms with Crippen LogP contribution in [-0.2, 0) is 4.79 Å². The highest BCUT2D eigenvalue weighted by molar-refractivity contribution is 5.94. The van der Waals surface area contributed by atoms with Gasteiger partial charge in [0, 0.05) is 29.8 Å². The lowest BCUT2D eigenvalue weighted by atomic mass is 9.94. The fraction of sp³-hybridized carbons (Fsp3) is 0.240. The van der Waals surface area contributed by atoms with E-state index in [0.717, 1.165) is 70.5 Å². The molecule has 4 N–H and O–H groups in total. The normalized spacial score (nSPS) is 14.6. The maximum Gasteiger partial charge on any atom is 0.224 e. The molecular weight excluding hydrogens is 428 g/mol. The first-order valence-electron chi connectivity index (χ1n) is 11.5. The number of hydrogen-bond donors (Lipinski definition) is 4. The quantitative estimate of drug-likeness (QED) is 0.321. The summed E-state index contributed by atoms with van der Waals surface area (Å²) in [6.45, 7) is 1.96. The number of aromatic amines is 2. The highest BCUT2D eigenvalue weighted by Gasteiger charge is 2.17. The predicted molar refractivity (Wildman–Crippen MR) is 131 cm³/mol. The summed E-state index contributed by atoms with van der Waals surface area (Å²) in [5, 5.41) is 15.0. The molecule has 1 aliphatic heterocycles. The molecule has 0 aromatic carbocycles. The molecule has 5 aromatic rings. The van der Waals surface area contributed by atoms with E-state index in [9.17, 15) is 4.79 Å². The number of carbonyl (C=O) groups excluding carboxylic acids is 1. The third kappa shape index (κ3) is 4.01. The largest absolute Gasteiger partial charge is 0.352 e. The van der Waals surface area contributed by atoms with Crippen LogP contribution in [0, 0.1) is 5.92 Å². The van der Waals surface area contributed by atoms with Crippen LogP contribution in [0.1, 0.15) is 19.3 Å². The second kappa shape index (κ2) is 8.68. The number of nitrogens with one attached hydrogen (secondary N) is 4. The monoisotopic (exact) mass is 452 g/mol. The summed E-state index contributed by atoms with van der Waals surface area (Å²) in [7, 11) is 0. The van der Waals surface area contributed by atoms with Crippen LogP contribution in [0.25, 0.3) is 44.6 Å². The molecule has 0 radical (unpaired) electrons. The van der Waals surface area contributed by atoms with Gasteiger partial charge in [-0.05, 0) is 62.2 Å². The van der Waals surface area contributed by atoms with E-state index in [2.05, 4.69) is 35.8 Å². The Kier molecular flexibility index (Phi) is 5.23. The van der Waals surface area contributed by atoms with Gasteiger partial charge in [0.1, 0.15) is 11.2 Å². The first-order valence-corrected chi connectivity index (χ1v) is 11.5. The van der Waals surface area contributed by atoms with E-state index in [1.165, 1.54) is 0 Å². The topological polar surface area (TPSA) is 124 Å². The number of anilines is 1. The number of aromatic nitrogens is 6. The molecule has 1 saturated heterocycles. The first-order chi connectivity index (χ1) is 16.7. The second-order valence-electron chi connectivity index (χ2n) is 8.72. The lowest BCUT2D eigenvalue weighted by Crippen LogP contribution is -2.30. The van der Waals surface area contributed by atoms with Crippen molar-refractivity contribution in [2.75, 3.05) is 18.4 Å². The van der Waals surface area contributed by atoms with E-state index >= 15 is 0 Å². The standard InChI is InChI=1S/C25H24N8O/c34-23(9-15-3-6-26-7-4-15)29-18-10-17(12-28-13-18)19-1-2-20-24(31-19)25(33-32-20)21-11-16-5-8-27-14-22(16)30-21/h1-2,5,8,10-15,26,30H,3-4,6-7,9H2,(H,29,34)(H,32,33). The van der Waals surface area contributed by atoms with Gasteiger partial charge in [-0.3, -0.25) is 19.9 Å². The zero-order valence-electron chi connectivity index (χ0n) is 18.5. The van der Waals surface area contributed by atoms with Crippen LogP contribution >= 0.6 is 0 Å². The van der Waals surface area contributed by atoms with Crippen molar-refractivity contribution in [1.29, 1.82) is 0 Å². The lowest BCUT2D eigenvalue weighted by Gasteiger charge is -2.21. The fourth-order valence-corrected chi connectivity index (χ4v) is 4.56. The first kappa shape index (κ1) is 20.5. The van der Waals surface area contributed by atoms with Crippen LogP contribution in [0.3, 0.4) is 0 Å². The Balaban J connectivity index is 1.27. The van der Waals surface area contributed by atoms with Crippen molar-refractivity contribution in [2.24, 2.45) is 5.92 Å². The average Bonchev–Trinajstić information content (AvgIpc) is 3.48. The number of piperidine rings is 1. The van der Waals surface area contributed by atoms with Gasteiger partial charge in [0.15, 0.2) is 0 Å². The van der Waals surface area contributed by atoms with E-state index in [-0.39, 0.29) is 5.91 Å². The van der Waals surface area contributed by atoms with Crippen molar-refractivity contribution >= 4 is 33.5 Å². The Morgan fingerprint density at radius 1 is 1.03 bits per heavy atom. The zero-order valence-corrected chi connectivity index (χ0v) is 18.5. The molecule has 0 atom stereocenters. The minimum atomic E-state index is 0.0275. The van der Waals surface area contributed by atoms with Gasteiger partial charge in [0.25, 0.3) is 0 Å². The van der Waals surface area contributed by atoms with Crippen LogP contribution in [0.15, 0.2) is 55.1 Å². The van der Waals surface area contributed by atoms with E-state index in [1.807, 2.05) is 30.3 Å². The molecule has 0 spiro atoms. The van der Waals surface area contributed by atoms with Gasteiger partial charge in [-0.25, -0.2) is 4.98 Å². The minimum Gasteiger partial charge on any atom is -0.352 e. The third-order valence-corrected chi connectivity index (χ3v) is 6.34. The summed E-state index contributed by atoms with van der Waals surface area (Å²) in [6, 6.07) is 9.80. The fourth-order valence-electron chi connectivity index (χ4n) is 4.56. The Labute approximate surface area is 195 Å². The Hall–Kier alpha value is -4.11. The molecule has 0 saturated carbocycles. The molecule has 9 heteroatoms. The summed E-state index contributed by atoms with van der Waals surface area (Å²) in [4.78, 5) is 29.3. The van der Waals surface area contributed by atoms with Crippen molar-refractivity contribution in [1.82, 2.24) is 35.5 Å². The molecule has 170 valence electrons. The number of H-pyrrole nitrogens is 2. The van der Waals surface area contributed by atoms with Crippen LogP contribution in [0.4, 0.5) is 5.69 Å². The Bertz CT molecular complexity index is 1450. The number of pyridine rings is 3. The molecule has 34 heavy (non-hydrogen) atoms. The van der Waals surface area contributed by atoms with Gasteiger partial charge in [-0.15, -0.1) is 0 Å². The summed E-state index contributed by atoms with van der Waals surface area (Å²) >= 11 is 0. The SMILES string of the molecule is O=C(CC1CCNCC1)Nc1cncc(-c2ccc3[nH]nc(-c4cc5ccncc5[nH]4)c3n2)c1. The zero-order chi connectivity index (χ0) is 22.9. The smallest absolute Gasteiger partial charge is 0.224 e. The highest BCUT2D eigenvalue weighted by atomic mass is 16.1. The van der Waals surface area contributed by atoms with Crippen molar-refractivity contribution in [3.8, 4) is 22.6 Å². The van der Waals surface area contributed by atoms with Crippen LogP contribution in [0.2, 0.25) is 0 Å². The third-order valence-electron chi connectivity index (χ3n) is 6.34. The van der Waals surface area contributed by atoms with E-state index in [1.54, 1.807) is 24.8 Å². The van der Waals surface area contributed by atoms with Gasteiger partial charge in [-0.2, -0.15) is 5.10 Å². The highest BCUT2D eigenvalue weighted by Crippen LogP contribution is 2.29. The van der Waals surface area contributed by atoms with Crippen molar-refractivity contribution in [2.45, 2.75) is 19.3 Å². The van der Waals surface area contributed by atoms with Crippen molar-refractivity contribution in [3.63, 3.8) is 0 Å². The number of amides is 1. The van der Waals surface area contributed by atoms with Crippen LogP contribution < -0.4 is 10.6 Å². The van der Waals surface area contributed by atoms with Crippen LogP contribution in [-0.4, -0.2) is 49.1 Å². The number of nitrogens with zero attached hydrogens (tertiary/aromatic N) is 4. The maximum atomic E-state index is 12.5. The number of rotatable bonds is 5. The summed E-state index contributed by atoms with van der Waals surface area (Å²) in [5.74, 6) is 0.459. The Morgan fingerprint density at radius 2 is 1.94 bits per heavy atom. The molecule has 6 rings (SSSR count). The molecule has 1 fully saturated rings. The van der Waals surface area contributed by atoms with Crippen LogP contribution in [0.5, 0.6) is 0 Å². The molecule has 1 amide bonds. The molecule has 0 bridgehead atoms. The van der Waals surface area contributed by atoms with E-state index in [4.69, 9.17) is 4.98 Å². The van der Waals surface area contributed by atoms with Gasteiger partial charge in [0.05, 0.1) is 40.5 Å². The molecule has 9 nitrogen and oxygen atoms in total. The number of fused-ring (bicyclic) bond motifs is 2.